The average molecular weight is 351 g/mol. The Bertz CT molecular complexity index is 757. The highest BCUT2D eigenvalue weighted by atomic mass is 19.4. The van der Waals surface area contributed by atoms with Crippen molar-refractivity contribution in [1.29, 1.82) is 0 Å². The maximum absolute atomic E-state index is 12.4. The summed E-state index contributed by atoms with van der Waals surface area (Å²) < 4.78 is 46.2. The second kappa shape index (κ2) is 8.23. The van der Waals surface area contributed by atoms with Crippen LogP contribution in [0, 0.1) is 0 Å². The molecule has 0 saturated heterocycles. The highest BCUT2D eigenvalue weighted by Crippen LogP contribution is 2.26. The lowest BCUT2D eigenvalue weighted by Gasteiger charge is -2.13. The quantitative estimate of drug-likeness (QED) is 0.803. The molecule has 0 aliphatic rings. The monoisotopic (exact) mass is 351 g/mol. The highest BCUT2D eigenvalue weighted by Gasteiger charge is 2.31. The molecular weight excluding hydrogens is 335 g/mol. The van der Waals surface area contributed by atoms with Crippen molar-refractivity contribution < 1.29 is 27.4 Å². The molecule has 0 heterocycles. The standard InChI is InChI=1S/C18H16F3NO3/c1-24-15-8-4-2-6-13(15)10-11-17(23)22-12-14-7-3-5-9-16(14)25-18(19,20)21/h2-11H,12H2,1H3,(H,22,23)/b11-10+. The fourth-order valence-corrected chi connectivity index (χ4v) is 2.08. The van der Waals surface area contributed by atoms with Gasteiger partial charge in [-0.3, -0.25) is 4.79 Å². The van der Waals surface area contributed by atoms with Gasteiger partial charge in [0, 0.05) is 23.7 Å². The summed E-state index contributed by atoms with van der Waals surface area (Å²) in [5.41, 5.74) is 0.930. The van der Waals surface area contributed by atoms with Gasteiger partial charge in [-0.05, 0) is 18.2 Å². The number of hydrogen-bond acceptors (Lipinski definition) is 3. The first-order valence-corrected chi connectivity index (χ1v) is 7.31. The third kappa shape index (κ3) is 5.87. The molecule has 0 fully saturated rings. The van der Waals surface area contributed by atoms with Gasteiger partial charge in [-0.2, -0.15) is 0 Å². The molecule has 1 amide bonds. The first kappa shape index (κ1) is 18.4. The Morgan fingerprint density at radius 2 is 1.72 bits per heavy atom. The summed E-state index contributed by atoms with van der Waals surface area (Å²) in [6.45, 7) is -0.0959. The van der Waals surface area contributed by atoms with Crippen LogP contribution in [-0.4, -0.2) is 19.4 Å². The van der Waals surface area contributed by atoms with Crippen LogP contribution in [0.15, 0.2) is 54.6 Å². The molecule has 0 saturated carbocycles. The second-order valence-corrected chi connectivity index (χ2v) is 4.95. The van der Waals surface area contributed by atoms with E-state index >= 15 is 0 Å². The van der Waals surface area contributed by atoms with Crippen molar-refractivity contribution in [2.75, 3.05) is 7.11 Å². The predicted octanol–water partition coefficient (Wildman–Crippen LogP) is 3.92. The van der Waals surface area contributed by atoms with Gasteiger partial charge in [0.05, 0.1) is 7.11 Å². The Morgan fingerprint density at radius 1 is 1.08 bits per heavy atom. The van der Waals surface area contributed by atoms with Gasteiger partial charge in [0.1, 0.15) is 11.5 Å². The molecular formula is C18H16F3NO3. The molecule has 0 radical (unpaired) electrons. The van der Waals surface area contributed by atoms with E-state index in [1.165, 1.54) is 31.4 Å². The van der Waals surface area contributed by atoms with E-state index in [0.29, 0.717) is 11.3 Å². The van der Waals surface area contributed by atoms with Gasteiger partial charge in [0.25, 0.3) is 0 Å². The number of methoxy groups -OCH3 is 1. The zero-order chi connectivity index (χ0) is 18.3. The van der Waals surface area contributed by atoms with E-state index in [-0.39, 0.29) is 17.9 Å². The minimum absolute atomic E-state index is 0.0959. The molecule has 1 N–H and O–H groups in total. The van der Waals surface area contributed by atoms with Crippen LogP contribution < -0.4 is 14.8 Å². The van der Waals surface area contributed by atoms with Gasteiger partial charge in [-0.1, -0.05) is 36.4 Å². The van der Waals surface area contributed by atoms with E-state index in [2.05, 4.69) is 10.1 Å². The van der Waals surface area contributed by atoms with Crippen LogP contribution in [0.1, 0.15) is 11.1 Å². The summed E-state index contributed by atoms with van der Waals surface area (Å²) in [5.74, 6) is -0.188. The van der Waals surface area contributed by atoms with E-state index < -0.39 is 12.3 Å². The normalized spacial score (nSPS) is 11.4. The van der Waals surface area contributed by atoms with Crippen molar-refractivity contribution in [2.45, 2.75) is 12.9 Å². The molecule has 2 aromatic rings. The van der Waals surface area contributed by atoms with Gasteiger partial charge in [0.2, 0.25) is 5.91 Å². The van der Waals surface area contributed by atoms with Gasteiger partial charge in [-0.15, -0.1) is 13.2 Å². The van der Waals surface area contributed by atoms with Gasteiger partial charge in [0.15, 0.2) is 0 Å². The van der Waals surface area contributed by atoms with Crippen LogP contribution >= 0.6 is 0 Å². The molecule has 0 atom stereocenters. The molecule has 0 bridgehead atoms. The number of amides is 1. The Morgan fingerprint density at radius 3 is 2.40 bits per heavy atom. The first-order chi connectivity index (χ1) is 11.9. The molecule has 132 valence electrons. The molecule has 2 rings (SSSR count). The van der Waals surface area contributed by atoms with E-state index in [1.54, 1.807) is 36.4 Å². The third-order valence-corrected chi connectivity index (χ3v) is 3.20. The van der Waals surface area contributed by atoms with Crippen LogP contribution in [0.2, 0.25) is 0 Å². The van der Waals surface area contributed by atoms with Crippen molar-refractivity contribution in [3.05, 3.63) is 65.7 Å². The molecule has 0 unspecified atom stereocenters. The predicted molar refractivity (Wildman–Crippen MR) is 87.0 cm³/mol. The number of alkyl halides is 3. The highest BCUT2D eigenvalue weighted by molar-refractivity contribution is 5.92. The van der Waals surface area contributed by atoms with Crippen LogP contribution in [0.5, 0.6) is 11.5 Å². The van der Waals surface area contributed by atoms with Gasteiger partial charge in [-0.25, -0.2) is 0 Å². The average Bonchev–Trinajstić information content (AvgIpc) is 2.58. The summed E-state index contributed by atoms with van der Waals surface area (Å²) >= 11 is 0. The van der Waals surface area contributed by atoms with Crippen LogP contribution in [0.3, 0.4) is 0 Å². The Labute approximate surface area is 142 Å². The number of halogens is 3. The second-order valence-electron chi connectivity index (χ2n) is 4.95. The number of ether oxygens (including phenoxy) is 2. The molecule has 0 aromatic heterocycles. The fourth-order valence-electron chi connectivity index (χ4n) is 2.08. The van der Waals surface area contributed by atoms with Crippen molar-refractivity contribution in [3.63, 3.8) is 0 Å². The SMILES string of the molecule is COc1ccccc1/C=C/C(=O)NCc1ccccc1OC(F)(F)F. The molecule has 0 aliphatic carbocycles. The maximum atomic E-state index is 12.4. The third-order valence-electron chi connectivity index (χ3n) is 3.20. The van der Waals surface area contributed by atoms with Gasteiger partial charge >= 0.3 is 6.36 Å². The van der Waals surface area contributed by atoms with Crippen molar-refractivity contribution >= 4 is 12.0 Å². The molecule has 7 heteroatoms. The lowest BCUT2D eigenvalue weighted by Crippen LogP contribution is -2.22. The zero-order valence-electron chi connectivity index (χ0n) is 13.3. The number of benzene rings is 2. The number of carbonyl (C=O) groups excluding carboxylic acids is 1. The fraction of sp³-hybridized carbons (Fsp3) is 0.167. The first-order valence-electron chi connectivity index (χ1n) is 7.31. The molecule has 2 aromatic carbocycles. The smallest absolute Gasteiger partial charge is 0.496 e. The number of nitrogens with one attached hydrogen (secondary N) is 1. The summed E-state index contributed by atoms with van der Waals surface area (Å²) in [6, 6.07) is 12.8. The summed E-state index contributed by atoms with van der Waals surface area (Å²) in [6.07, 6.45) is -1.94. The number of hydrogen-bond donors (Lipinski definition) is 1. The van der Waals surface area contributed by atoms with Crippen LogP contribution in [0.4, 0.5) is 13.2 Å². The maximum Gasteiger partial charge on any atom is 0.573 e. The number of para-hydroxylation sites is 2. The topological polar surface area (TPSA) is 47.6 Å². The Hall–Kier alpha value is -2.96. The lowest BCUT2D eigenvalue weighted by molar-refractivity contribution is -0.274. The van der Waals surface area contributed by atoms with E-state index in [9.17, 15) is 18.0 Å². The van der Waals surface area contributed by atoms with Crippen LogP contribution in [0.25, 0.3) is 6.08 Å². The minimum Gasteiger partial charge on any atom is -0.496 e. The molecule has 0 spiro atoms. The van der Waals surface area contributed by atoms with Crippen molar-refractivity contribution in [1.82, 2.24) is 5.32 Å². The number of carbonyl (C=O) groups is 1. The number of rotatable bonds is 6. The summed E-state index contributed by atoms with van der Waals surface area (Å²) in [4.78, 5) is 11.9. The molecule has 4 nitrogen and oxygen atoms in total. The zero-order valence-corrected chi connectivity index (χ0v) is 13.3. The largest absolute Gasteiger partial charge is 0.573 e. The van der Waals surface area contributed by atoms with E-state index in [4.69, 9.17) is 4.74 Å². The summed E-state index contributed by atoms with van der Waals surface area (Å²) in [5, 5.41) is 2.52. The van der Waals surface area contributed by atoms with Crippen LogP contribution in [-0.2, 0) is 11.3 Å². The van der Waals surface area contributed by atoms with E-state index in [0.717, 1.165) is 0 Å². The summed E-state index contributed by atoms with van der Waals surface area (Å²) in [7, 11) is 1.52. The lowest BCUT2D eigenvalue weighted by atomic mass is 10.2. The Balaban J connectivity index is 2.00. The van der Waals surface area contributed by atoms with Crippen molar-refractivity contribution in [2.24, 2.45) is 0 Å². The van der Waals surface area contributed by atoms with E-state index in [1.807, 2.05) is 0 Å². The molecule has 0 aliphatic heterocycles. The Kier molecular flexibility index (Phi) is 6.05. The molecule has 25 heavy (non-hydrogen) atoms. The van der Waals surface area contributed by atoms with Crippen molar-refractivity contribution in [3.8, 4) is 11.5 Å². The van der Waals surface area contributed by atoms with Gasteiger partial charge < -0.3 is 14.8 Å². The minimum atomic E-state index is -4.79.